The topological polar surface area (TPSA) is 31.0 Å². The number of aromatic nitrogens is 2. The van der Waals surface area contributed by atoms with Crippen LogP contribution < -0.4 is 5.19 Å². The van der Waals surface area contributed by atoms with Gasteiger partial charge in [0.1, 0.15) is 17.0 Å². The maximum absolute atomic E-state index is 9.50. The van der Waals surface area contributed by atoms with E-state index < -0.39 is 26.7 Å². The second-order valence-electron chi connectivity index (χ2n) is 13.5. The van der Waals surface area contributed by atoms with E-state index in [1.165, 1.54) is 5.19 Å². The standard InChI is InChI=1S/C41H42N2OSi/c1-25(2)34-23-29(28-17-19-30(20-18-28)45(6,7)8)24-35(26(3)4)39(34)43-37-15-10-9-14-36(37)42-41(43)33-13-11-12-32-31-21-16-27(5)22-38(31)44-40(32)33/h9-26H,1-8H3/i5D3,25D,26D. The fraction of sp³-hybridized carbons (Fsp3) is 0.244. The summed E-state index contributed by atoms with van der Waals surface area (Å²) in [6, 6.07) is 31.9. The Kier molecular flexibility index (Phi) is 5.78. The first-order chi connectivity index (χ1) is 23.3. The molecule has 2 aromatic heterocycles. The van der Waals surface area contributed by atoms with Crippen LogP contribution in [0.3, 0.4) is 0 Å². The molecule has 0 bridgehead atoms. The zero-order valence-electron chi connectivity index (χ0n) is 32.0. The summed E-state index contributed by atoms with van der Waals surface area (Å²) in [5, 5.41) is 3.05. The minimum Gasteiger partial charge on any atom is -0.455 e. The molecular weight excluding hydrogens is 565 g/mol. The van der Waals surface area contributed by atoms with Gasteiger partial charge in [-0.15, -0.1) is 0 Å². The zero-order chi connectivity index (χ0) is 36.0. The first-order valence-electron chi connectivity index (χ1n) is 18.1. The number of rotatable bonds is 6. The smallest absolute Gasteiger partial charge is 0.149 e. The number of hydrogen-bond donors (Lipinski definition) is 0. The van der Waals surface area contributed by atoms with E-state index in [0.29, 0.717) is 17.0 Å². The van der Waals surface area contributed by atoms with Crippen LogP contribution in [-0.2, 0) is 0 Å². The summed E-state index contributed by atoms with van der Waals surface area (Å²) < 4.78 is 51.4. The van der Waals surface area contributed by atoms with Gasteiger partial charge in [0.25, 0.3) is 0 Å². The van der Waals surface area contributed by atoms with Gasteiger partial charge in [0.2, 0.25) is 0 Å². The van der Waals surface area contributed by atoms with Crippen LogP contribution >= 0.6 is 0 Å². The van der Waals surface area contributed by atoms with Gasteiger partial charge >= 0.3 is 0 Å². The van der Waals surface area contributed by atoms with Crippen molar-refractivity contribution in [2.45, 2.75) is 66.0 Å². The first-order valence-corrected chi connectivity index (χ1v) is 19.1. The van der Waals surface area contributed by atoms with E-state index in [1.54, 1.807) is 12.1 Å². The lowest BCUT2D eigenvalue weighted by Gasteiger charge is -2.24. The van der Waals surface area contributed by atoms with Crippen LogP contribution in [-0.4, -0.2) is 17.6 Å². The summed E-state index contributed by atoms with van der Waals surface area (Å²) >= 11 is 0. The van der Waals surface area contributed by atoms with E-state index in [-0.39, 0.29) is 5.56 Å². The van der Waals surface area contributed by atoms with Gasteiger partial charge in [0, 0.05) is 17.6 Å². The molecule has 226 valence electrons. The van der Waals surface area contributed by atoms with Crippen LogP contribution in [0.4, 0.5) is 0 Å². The molecule has 7 rings (SSSR count). The summed E-state index contributed by atoms with van der Waals surface area (Å²) in [4.78, 5) is 5.19. The van der Waals surface area contributed by atoms with Crippen molar-refractivity contribution in [3.63, 3.8) is 0 Å². The first kappa shape index (κ1) is 23.9. The normalized spacial score (nSPS) is 14.8. The predicted molar refractivity (Wildman–Crippen MR) is 195 cm³/mol. The minimum absolute atomic E-state index is 0.220. The molecule has 0 radical (unpaired) electrons. The zero-order valence-corrected chi connectivity index (χ0v) is 28.0. The van der Waals surface area contributed by atoms with Crippen molar-refractivity contribution in [2.75, 3.05) is 0 Å². The Labute approximate surface area is 274 Å². The lowest BCUT2D eigenvalue weighted by atomic mass is 9.88. The highest BCUT2D eigenvalue weighted by Gasteiger charge is 2.25. The molecule has 0 aliphatic carbocycles. The summed E-state index contributed by atoms with van der Waals surface area (Å²) in [5.74, 6) is -1.46. The van der Waals surface area contributed by atoms with Gasteiger partial charge in [-0.2, -0.15) is 0 Å². The van der Waals surface area contributed by atoms with Crippen molar-refractivity contribution >= 4 is 46.2 Å². The number of imidazole rings is 1. The number of para-hydroxylation sites is 3. The molecule has 0 saturated heterocycles. The fourth-order valence-corrected chi connectivity index (χ4v) is 7.54. The maximum atomic E-state index is 9.50. The van der Waals surface area contributed by atoms with Crippen molar-refractivity contribution < 1.29 is 11.3 Å². The Morgan fingerprint density at radius 3 is 2.13 bits per heavy atom. The minimum atomic E-state index is -2.26. The van der Waals surface area contributed by atoms with Gasteiger partial charge in [-0.1, -0.05) is 113 Å². The Bertz CT molecular complexity index is 2380. The molecule has 3 nitrogen and oxygen atoms in total. The number of benzene rings is 5. The molecule has 0 N–H and O–H groups in total. The van der Waals surface area contributed by atoms with Gasteiger partial charge in [-0.25, -0.2) is 4.98 Å². The quantitative estimate of drug-likeness (QED) is 0.175. The fourth-order valence-electron chi connectivity index (χ4n) is 6.37. The molecule has 0 atom stereocenters. The van der Waals surface area contributed by atoms with Crippen LogP contribution in [0.2, 0.25) is 19.6 Å². The number of hydrogen-bond acceptors (Lipinski definition) is 2. The molecule has 0 saturated carbocycles. The highest BCUT2D eigenvalue weighted by molar-refractivity contribution is 6.88. The van der Waals surface area contributed by atoms with E-state index in [4.69, 9.17) is 13.5 Å². The lowest BCUT2D eigenvalue weighted by Crippen LogP contribution is -2.37. The molecule has 4 heteroatoms. The third-order valence-corrected chi connectivity index (χ3v) is 10.9. The van der Waals surface area contributed by atoms with Crippen LogP contribution in [0.15, 0.2) is 101 Å². The van der Waals surface area contributed by atoms with Gasteiger partial charge in [-0.3, -0.25) is 4.57 Å². The molecule has 0 aliphatic rings. The molecule has 0 aliphatic heterocycles. The highest BCUT2D eigenvalue weighted by atomic mass is 28.3. The Morgan fingerprint density at radius 1 is 0.756 bits per heavy atom. The third-order valence-electron chi connectivity index (χ3n) is 8.80. The van der Waals surface area contributed by atoms with Gasteiger partial charge in [0.05, 0.1) is 30.4 Å². The maximum Gasteiger partial charge on any atom is 0.149 e. The van der Waals surface area contributed by atoms with Crippen LogP contribution in [0, 0.1) is 6.85 Å². The Balaban J connectivity index is 1.55. The second-order valence-corrected chi connectivity index (χ2v) is 18.6. The number of aryl methyl sites for hydroxylation is 1. The second kappa shape index (κ2) is 10.9. The van der Waals surface area contributed by atoms with Crippen LogP contribution in [0.1, 0.15) is 63.0 Å². The molecule has 5 aromatic carbocycles. The summed E-state index contributed by atoms with van der Waals surface area (Å²) in [5.41, 5.74) is 8.01. The summed E-state index contributed by atoms with van der Waals surface area (Å²) in [6.45, 7) is 12.3. The van der Waals surface area contributed by atoms with E-state index in [9.17, 15) is 2.74 Å². The monoisotopic (exact) mass is 611 g/mol. The van der Waals surface area contributed by atoms with E-state index in [2.05, 4.69) is 60.6 Å². The Morgan fingerprint density at radius 2 is 1.47 bits per heavy atom. The van der Waals surface area contributed by atoms with Crippen molar-refractivity contribution in [1.82, 2.24) is 9.55 Å². The molecule has 0 spiro atoms. The van der Waals surface area contributed by atoms with Crippen molar-refractivity contribution in [3.8, 4) is 28.2 Å². The highest BCUT2D eigenvalue weighted by Crippen LogP contribution is 2.42. The van der Waals surface area contributed by atoms with Crippen molar-refractivity contribution in [2.24, 2.45) is 0 Å². The van der Waals surface area contributed by atoms with E-state index in [1.807, 2.05) is 76.2 Å². The average Bonchev–Trinajstić information content (AvgIpc) is 3.61. The van der Waals surface area contributed by atoms with Crippen LogP contribution in [0.5, 0.6) is 0 Å². The van der Waals surface area contributed by atoms with Crippen LogP contribution in [0.25, 0.3) is 61.2 Å². The molecular formula is C41H42N2OSi. The average molecular weight is 612 g/mol. The SMILES string of the molecule is [2H]C([2H])([2H])c1ccc2c(c1)oc1c(-c3nc4ccccc4n3-c3c(C([2H])(C)C)cc(-c4ccc([Si](C)(C)C)cc4)cc3C([2H])(C)C)cccc12. The summed E-state index contributed by atoms with van der Waals surface area (Å²) in [6.07, 6.45) is 0. The molecule has 45 heavy (non-hydrogen) atoms. The van der Waals surface area contributed by atoms with E-state index in [0.717, 1.165) is 55.3 Å². The molecule has 7 aromatic rings. The largest absolute Gasteiger partial charge is 0.455 e. The van der Waals surface area contributed by atoms with Crippen molar-refractivity contribution in [3.05, 3.63) is 114 Å². The summed E-state index contributed by atoms with van der Waals surface area (Å²) in [7, 11) is -1.49. The molecule has 0 fully saturated rings. The molecule has 0 amide bonds. The van der Waals surface area contributed by atoms with Crippen molar-refractivity contribution in [1.29, 1.82) is 0 Å². The van der Waals surface area contributed by atoms with Gasteiger partial charge in [0.15, 0.2) is 0 Å². The Hall–Kier alpha value is -4.41. The third kappa shape index (κ3) is 5.02. The number of nitrogens with zero attached hydrogens (tertiary/aromatic N) is 2. The van der Waals surface area contributed by atoms with Gasteiger partial charge < -0.3 is 4.42 Å². The number of furan rings is 1. The number of fused-ring (bicyclic) bond motifs is 4. The molecule has 2 heterocycles. The molecule has 0 unspecified atom stereocenters. The van der Waals surface area contributed by atoms with E-state index >= 15 is 0 Å². The van der Waals surface area contributed by atoms with Gasteiger partial charge in [-0.05, 0) is 82.9 Å². The predicted octanol–water partition coefficient (Wildman–Crippen LogP) is 11.4. The lowest BCUT2D eigenvalue weighted by molar-refractivity contribution is 0.669.